The molecule has 1 fully saturated rings. The van der Waals surface area contributed by atoms with Crippen molar-refractivity contribution < 1.29 is 23.8 Å². The zero-order chi connectivity index (χ0) is 22.1. The monoisotopic (exact) mass is 420 g/mol. The molecule has 2 aromatic carbocycles. The fourth-order valence-corrected chi connectivity index (χ4v) is 3.10. The van der Waals surface area contributed by atoms with Crippen molar-refractivity contribution in [2.45, 2.75) is 25.6 Å². The highest BCUT2D eigenvalue weighted by Gasteiger charge is 2.17. The minimum atomic E-state index is -0.409. The topological polar surface area (TPSA) is 97.7 Å². The molecule has 7 nitrogen and oxygen atoms in total. The number of nitriles is 1. The van der Waals surface area contributed by atoms with Crippen molar-refractivity contribution in [2.75, 3.05) is 20.3 Å². The second-order valence-corrected chi connectivity index (χ2v) is 7.06. The van der Waals surface area contributed by atoms with Crippen molar-refractivity contribution in [2.24, 2.45) is 0 Å². The molecule has 0 aromatic heterocycles. The SMILES string of the molecule is COC(=O)c1ccc(COc2ccc(/C=C(\C#N)C(=O)NC[C@@H]3CCCO3)cc2)cc1. The van der Waals surface area contributed by atoms with Gasteiger partial charge in [-0.05, 0) is 54.3 Å². The normalized spacial score (nSPS) is 15.7. The van der Waals surface area contributed by atoms with Crippen molar-refractivity contribution in [1.82, 2.24) is 5.32 Å². The first-order chi connectivity index (χ1) is 15.1. The number of carbonyl (C=O) groups is 2. The summed E-state index contributed by atoms with van der Waals surface area (Å²) in [7, 11) is 1.34. The van der Waals surface area contributed by atoms with E-state index in [1.807, 2.05) is 6.07 Å². The van der Waals surface area contributed by atoms with Gasteiger partial charge in [0.25, 0.3) is 5.91 Å². The van der Waals surface area contributed by atoms with Crippen LogP contribution in [0.5, 0.6) is 5.75 Å². The summed E-state index contributed by atoms with van der Waals surface area (Å²) in [5.74, 6) is -0.141. The van der Waals surface area contributed by atoms with Crippen LogP contribution in [0.15, 0.2) is 54.1 Å². The molecule has 0 saturated carbocycles. The Kier molecular flexibility index (Phi) is 7.79. The largest absolute Gasteiger partial charge is 0.489 e. The number of nitrogens with one attached hydrogen (secondary N) is 1. The zero-order valence-corrected chi connectivity index (χ0v) is 17.3. The van der Waals surface area contributed by atoms with Gasteiger partial charge in [-0.2, -0.15) is 5.26 Å². The summed E-state index contributed by atoms with van der Waals surface area (Å²) < 4.78 is 15.9. The van der Waals surface area contributed by atoms with E-state index in [2.05, 4.69) is 10.1 Å². The van der Waals surface area contributed by atoms with Gasteiger partial charge < -0.3 is 19.5 Å². The maximum Gasteiger partial charge on any atom is 0.337 e. The number of hydrogen-bond donors (Lipinski definition) is 1. The first-order valence-electron chi connectivity index (χ1n) is 10.0. The molecule has 31 heavy (non-hydrogen) atoms. The molecule has 1 atom stereocenters. The van der Waals surface area contributed by atoms with Gasteiger partial charge in [-0.25, -0.2) is 4.79 Å². The van der Waals surface area contributed by atoms with Gasteiger partial charge in [0, 0.05) is 13.2 Å². The summed E-state index contributed by atoms with van der Waals surface area (Å²) in [5.41, 5.74) is 2.15. The second-order valence-electron chi connectivity index (χ2n) is 7.06. The van der Waals surface area contributed by atoms with E-state index in [0.29, 0.717) is 31.1 Å². The number of nitrogens with zero attached hydrogens (tertiary/aromatic N) is 1. The summed E-state index contributed by atoms with van der Waals surface area (Å²) in [6.07, 6.45) is 3.48. The molecule has 3 rings (SSSR count). The molecule has 1 amide bonds. The highest BCUT2D eigenvalue weighted by atomic mass is 16.5. The third-order valence-corrected chi connectivity index (χ3v) is 4.85. The third kappa shape index (κ3) is 6.43. The van der Waals surface area contributed by atoms with Crippen molar-refractivity contribution in [3.05, 3.63) is 70.8 Å². The molecule has 0 aliphatic carbocycles. The van der Waals surface area contributed by atoms with E-state index in [0.717, 1.165) is 24.0 Å². The van der Waals surface area contributed by atoms with E-state index >= 15 is 0 Å². The van der Waals surface area contributed by atoms with Crippen molar-refractivity contribution >= 4 is 18.0 Å². The third-order valence-electron chi connectivity index (χ3n) is 4.85. The van der Waals surface area contributed by atoms with Crippen LogP contribution in [0.3, 0.4) is 0 Å². The Bertz CT molecular complexity index is 969. The molecule has 0 radical (unpaired) electrons. The molecule has 2 aromatic rings. The number of rotatable bonds is 8. The van der Waals surface area contributed by atoms with E-state index in [1.54, 1.807) is 54.6 Å². The van der Waals surface area contributed by atoms with Gasteiger partial charge in [-0.1, -0.05) is 24.3 Å². The molecule has 1 aliphatic heterocycles. The van der Waals surface area contributed by atoms with Gasteiger partial charge in [0.15, 0.2) is 0 Å². The lowest BCUT2D eigenvalue weighted by molar-refractivity contribution is -0.117. The highest BCUT2D eigenvalue weighted by molar-refractivity contribution is 6.01. The summed E-state index contributed by atoms with van der Waals surface area (Å²) in [6, 6.07) is 16.0. The number of methoxy groups -OCH3 is 1. The number of amides is 1. The predicted molar refractivity (Wildman–Crippen MR) is 114 cm³/mol. The Balaban J connectivity index is 1.54. The van der Waals surface area contributed by atoms with Gasteiger partial charge in [-0.3, -0.25) is 4.79 Å². The standard InChI is InChI=1S/C24H24N2O5/c1-29-24(28)19-8-4-18(5-9-19)16-31-21-10-6-17(7-11-21)13-20(14-25)23(27)26-15-22-3-2-12-30-22/h4-11,13,22H,2-3,12,15-16H2,1H3,(H,26,27)/b20-13+/t22-/m0/s1. The van der Waals surface area contributed by atoms with Gasteiger partial charge in [0.2, 0.25) is 0 Å². The second kappa shape index (κ2) is 11.0. The molecular weight excluding hydrogens is 396 g/mol. The maximum atomic E-state index is 12.2. The van der Waals surface area contributed by atoms with Gasteiger partial charge in [0.1, 0.15) is 24.0 Å². The minimum Gasteiger partial charge on any atom is -0.489 e. The van der Waals surface area contributed by atoms with Crippen molar-refractivity contribution in [3.8, 4) is 11.8 Å². The molecule has 0 spiro atoms. The molecule has 0 unspecified atom stereocenters. The Morgan fingerprint density at radius 3 is 2.55 bits per heavy atom. The Morgan fingerprint density at radius 1 is 1.19 bits per heavy atom. The maximum absolute atomic E-state index is 12.2. The molecule has 160 valence electrons. The molecule has 0 bridgehead atoms. The van der Waals surface area contributed by atoms with Gasteiger partial charge >= 0.3 is 5.97 Å². The molecule has 1 N–H and O–H groups in total. The summed E-state index contributed by atoms with van der Waals surface area (Å²) >= 11 is 0. The lowest BCUT2D eigenvalue weighted by Gasteiger charge is -2.10. The number of benzene rings is 2. The highest BCUT2D eigenvalue weighted by Crippen LogP contribution is 2.17. The number of ether oxygens (including phenoxy) is 3. The van der Waals surface area contributed by atoms with E-state index in [1.165, 1.54) is 7.11 Å². The lowest BCUT2D eigenvalue weighted by atomic mass is 10.1. The first-order valence-corrected chi connectivity index (χ1v) is 10.0. The van der Waals surface area contributed by atoms with Crippen LogP contribution in [0.25, 0.3) is 6.08 Å². The van der Waals surface area contributed by atoms with Crippen LogP contribution >= 0.6 is 0 Å². The van der Waals surface area contributed by atoms with Crippen LogP contribution in [-0.2, 0) is 20.9 Å². The summed E-state index contributed by atoms with van der Waals surface area (Å²) in [4.78, 5) is 23.7. The van der Waals surface area contributed by atoms with E-state index in [9.17, 15) is 14.9 Å². The van der Waals surface area contributed by atoms with Crippen LogP contribution in [0, 0.1) is 11.3 Å². The predicted octanol–water partition coefficient (Wildman–Crippen LogP) is 3.25. The molecular formula is C24H24N2O5. The Hall–Kier alpha value is -3.63. The first kappa shape index (κ1) is 22.1. The fourth-order valence-electron chi connectivity index (χ4n) is 3.10. The van der Waals surface area contributed by atoms with Crippen LogP contribution in [0.1, 0.15) is 34.3 Å². The number of hydrogen-bond acceptors (Lipinski definition) is 6. The number of carbonyl (C=O) groups excluding carboxylic acids is 2. The quantitative estimate of drug-likeness (QED) is 0.400. The van der Waals surface area contributed by atoms with Crippen LogP contribution < -0.4 is 10.1 Å². The van der Waals surface area contributed by atoms with E-state index < -0.39 is 5.91 Å². The van der Waals surface area contributed by atoms with Crippen molar-refractivity contribution in [3.63, 3.8) is 0 Å². The molecule has 1 heterocycles. The smallest absolute Gasteiger partial charge is 0.337 e. The molecule has 1 aliphatic rings. The lowest BCUT2D eigenvalue weighted by Crippen LogP contribution is -2.32. The average Bonchev–Trinajstić information content (AvgIpc) is 3.34. The van der Waals surface area contributed by atoms with Crippen LogP contribution in [-0.4, -0.2) is 38.2 Å². The minimum absolute atomic E-state index is 0.0250. The average molecular weight is 420 g/mol. The Morgan fingerprint density at radius 2 is 1.94 bits per heavy atom. The van der Waals surface area contributed by atoms with E-state index in [4.69, 9.17) is 9.47 Å². The van der Waals surface area contributed by atoms with Crippen LogP contribution in [0.2, 0.25) is 0 Å². The zero-order valence-electron chi connectivity index (χ0n) is 17.3. The molecule has 7 heteroatoms. The van der Waals surface area contributed by atoms with Gasteiger partial charge in [-0.15, -0.1) is 0 Å². The molecule has 1 saturated heterocycles. The Labute approximate surface area is 181 Å². The van der Waals surface area contributed by atoms with E-state index in [-0.39, 0.29) is 17.6 Å². The van der Waals surface area contributed by atoms with Gasteiger partial charge in [0.05, 0.1) is 18.8 Å². The summed E-state index contributed by atoms with van der Waals surface area (Å²) in [5, 5.41) is 12.1. The summed E-state index contributed by atoms with van der Waals surface area (Å²) in [6.45, 7) is 1.46. The van der Waals surface area contributed by atoms with Crippen LogP contribution in [0.4, 0.5) is 0 Å². The fraction of sp³-hybridized carbons (Fsp3) is 0.292. The number of esters is 1. The van der Waals surface area contributed by atoms with Crippen molar-refractivity contribution in [1.29, 1.82) is 5.26 Å².